The van der Waals surface area contributed by atoms with E-state index in [2.05, 4.69) is 11.9 Å². The predicted molar refractivity (Wildman–Crippen MR) is 110 cm³/mol. The average molecular weight is 428 g/mol. The Morgan fingerprint density at radius 2 is 1.64 bits per heavy atom. The first-order chi connectivity index (χ1) is 13.1. The molecule has 2 aromatic carbocycles. The molecule has 0 radical (unpaired) electrons. The third-order valence-electron chi connectivity index (χ3n) is 4.43. The zero-order valence-corrected chi connectivity index (χ0v) is 17.8. The summed E-state index contributed by atoms with van der Waals surface area (Å²) in [5.74, 6) is 0.759. The Morgan fingerprint density at radius 1 is 1.07 bits per heavy atom. The van der Waals surface area contributed by atoms with Gasteiger partial charge in [0.2, 0.25) is 0 Å². The second kappa shape index (κ2) is 9.71. The van der Waals surface area contributed by atoms with E-state index in [4.69, 9.17) is 20.9 Å². The maximum absolute atomic E-state index is 10.5. The molecule has 1 atom stereocenters. The van der Waals surface area contributed by atoms with Crippen LogP contribution in [-0.2, 0) is 23.0 Å². The van der Waals surface area contributed by atoms with E-state index in [9.17, 15) is 13.5 Å². The topological polar surface area (TPSA) is 87.1 Å². The maximum Gasteiger partial charge on any atom is 0.294 e. The molecule has 0 fully saturated rings. The number of ether oxygens (including phenoxy) is 1. The highest BCUT2D eigenvalue weighted by Gasteiger charge is 2.18. The fraction of sp³-hybridized carbons (Fsp3) is 0.400. The number of fused-ring (bicyclic) bond motifs is 1. The molecule has 1 unspecified atom stereocenters. The van der Waals surface area contributed by atoms with Gasteiger partial charge in [-0.1, -0.05) is 29.3 Å². The molecule has 0 bridgehead atoms. The van der Waals surface area contributed by atoms with E-state index in [0.29, 0.717) is 0 Å². The minimum atomic E-state index is -4.02. The van der Waals surface area contributed by atoms with Crippen LogP contribution in [0.25, 0.3) is 0 Å². The third kappa shape index (κ3) is 6.46. The van der Waals surface area contributed by atoms with Crippen LogP contribution in [-0.4, -0.2) is 49.4 Å². The molecule has 8 heteroatoms. The van der Waals surface area contributed by atoms with Crippen molar-refractivity contribution in [2.75, 3.05) is 20.1 Å². The lowest BCUT2D eigenvalue weighted by Gasteiger charge is -2.16. The molecule has 154 valence electrons. The predicted octanol–water partition coefficient (Wildman–Crippen LogP) is 3.33. The number of aryl methyl sites for hydroxylation is 1. The summed E-state index contributed by atoms with van der Waals surface area (Å²) < 4.78 is 35.0. The van der Waals surface area contributed by atoms with E-state index < -0.39 is 16.4 Å². The molecular formula is C20H26ClNO5S. The SMILES string of the molecule is CC(O)Oc1ccc(Cl)c2c1CCN(C)CC2.Cc1ccc(S(=O)(=O)O)cc1. The Labute approximate surface area is 171 Å². The van der Waals surface area contributed by atoms with E-state index in [-0.39, 0.29) is 4.90 Å². The first-order valence-electron chi connectivity index (χ1n) is 8.95. The van der Waals surface area contributed by atoms with Crippen molar-refractivity contribution < 1.29 is 22.8 Å². The van der Waals surface area contributed by atoms with Gasteiger partial charge in [-0.05, 0) is 63.6 Å². The van der Waals surface area contributed by atoms with Crippen molar-refractivity contribution in [3.05, 3.63) is 58.1 Å². The molecule has 0 amide bonds. The molecule has 1 heterocycles. The number of aliphatic hydroxyl groups excluding tert-OH is 1. The highest BCUT2D eigenvalue weighted by molar-refractivity contribution is 7.85. The van der Waals surface area contributed by atoms with Crippen LogP contribution in [0.15, 0.2) is 41.3 Å². The summed E-state index contributed by atoms with van der Waals surface area (Å²) in [6.07, 6.45) is 1.05. The second-order valence-electron chi connectivity index (χ2n) is 6.81. The van der Waals surface area contributed by atoms with Crippen LogP contribution in [0.2, 0.25) is 5.02 Å². The van der Waals surface area contributed by atoms with Gasteiger partial charge in [-0.15, -0.1) is 0 Å². The van der Waals surface area contributed by atoms with Crippen molar-refractivity contribution >= 4 is 21.7 Å². The number of rotatable bonds is 3. The number of nitrogens with zero attached hydrogens (tertiary/aromatic N) is 1. The van der Waals surface area contributed by atoms with Crippen molar-refractivity contribution in [2.24, 2.45) is 0 Å². The van der Waals surface area contributed by atoms with E-state index in [1.807, 2.05) is 19.1 Å². The van der Waals surface area contributed by atoms with Crippen molar-refractivity contribution in [2.45, 2.75) is 37.9 Å². The Kier molecular flexibility index (Phi) is 7.86. The van der Waals surface area contributed by atoms with Crippen molar-refractivity contribution in [3.63, 3.8) is 0 Å². The lowest BCUT2D eigenvalue weighted by atomic mass is 10.0. The maximum atomic E-state index is 10.5. The van der Waals surface area contributed by atoms with Crippen LogP contribution in [0.3, 0.4) is 0 Å². The number of hydrogen-bond donors (Lipinski definition) is 2. The van der Waals surface area contributed by atoms with Gasteiger partial charge in [0.25, 0.3) is 10.1 Å². The van der Waals surface area contributed by atoms with Gasteiger partial charge in [-0.3, -0.25) is 4.55 Å². The molecule has 0 spiro atoms. The van der Waals surface area contributed by atoms with Crippen LogP contribution in [0.4, 0.5) is 0 Å². The lowest BCUT2D eigenvalue weighted by Crippen LogP contribution is -2.20. The van der Waals surface area contributed by atoms with E-state index in [1.165, 1.54) is 12.1 Å². The Balaban J connectivity index is 0.000000221. The fourth-order valence-corrected chi connectivity index (χ4v) is 3.66. The molecule has 2 N–H and O–H groups in total. The van der Waals surface area contributed by atoms with Gasteiger partial charge in [0.05, 0.1) is 4.90 Å². The number of hydrogen-bond acceptors (Lipinski definition) is 5. The fourth-order valence-electron chi connectivity index (χ4n) is 2.91. The van der Waals surface area contributed by atoms with Gasteiger partial charge >= 0.3 is 0 Å². The zero-order chi connectivity index (χ0) is 20.9. The first kappa shape index (κ1) is 22.6. The zero-order valence-electron chi connectivity index (χ0n) is 16.2. The third-order valence-corrected chi connectivity index (χ3v) is 5.66. The molecule has 28 heavy (non-hydrogen) atoms. The second-order valence-corrected chi connectivity index (χ2v) is 8.64. The van der Waals surface area contributed by atoms with Gasteiger partial charge in [0.15, 0.2) is 6.29 Å². The van der Waals surface area contributed by atoms with E-state index in [1.54, 1.807) is 19.1 Å². The summed E-state index contributed by atoms with van der Waals surface area (Å²) >= 11 is 6.23. The summed E-state index contributed by atoms with van der Waals surface area (Å²) in [6, 6.07) is 9.68. The number of likely N-dealkylation sites (N-methyl/N-ethyl adjacent to an activating group) is 1. The summed E-state index contributed by atoms with van der Waals surface area (Å²) in [4.78, 5) is 2.21. The highest BCUT2D eigenvalue weighted by atomic mass is 35.5. The largest absolute Gasteiger partial charge is 0.465 e. The quantitative estimate of drug-likeness (QED) is 0.577. The van der Waals surface area contributed by atoms with Crippen molar-refractivity contribution in [3.8, 4) is 5.75 Å². The van der Waals surface area contributed by atoms with Crippen LogP contribution >= 0.6 is 11.6 Å². The molecule has 0 aromatic heterocycles. The molecule has 6 nitrogen and oxygen atoms in total. The van der Waals surface area contributed by atoms with E-state index >= 15 is 0 Å². The van der Waals surface area contributed by atoms with Gasteiger partial charge in [-0.25, -0.2) is 0 Å². The van der Waals surface area contributed by atoms with Gasteiger partial charge < -0.3 is 14.7 Å². The van der Waals surface area contributed by atoms with E-state index in [0.717, 1.165) is 53.4 Å². The van der Waals surface area contributed by atoms with Gasteiger partial charge in [-0.2, -0.15) is 8.42 Å². The molecule has 0 aliphatic carbocycles. The standard InChI is InChI=1S/C13H18ClNO2.C7H8O3S/c1-9(16)17-13-4-3-12(14)10-5-7-15(2)8-6-11(10)13;1-6-2-4-7(5-3-6)11(8,9)10/h3-4,9,16H,5-8H2,1-2H3;2-5H,1H3,(H,8,9,10). The first-order valence-corrected chi connectivity index (χ1v) is 10.8. The average Bonchev–Trinajstić information content (AvgIpc) is 2.80. The minimum absolute atomic E-state index is 0.0666. The summed E-state index contributed by atoms with van der Waals surface area (Å²) in [5.41, 5.74) is 3.26. The molecule has 0 saturated heterocycles. The van der Waals surface area contributed by atoms with Crippen LogP contribution in [0.1, 0.15) is 23.6 Å². The van der Waals surface area contributed by atoms with Crippen LogP contribution in [0.5, 0.6) is 5.75 Å². The summed E-state index contributed by atoms with van der Waals surface area (Å²) in [5, 5.41) is 10.1. The molecule has 1 aliphatic rings. The molecule has 3 rings (SSSR count). The van der Waals surface area contributed by atoms with Crippen molar-refractivity contribution in [1.29, 1.82) is 0 Å². The smallest absolute Gasteiger partial charge is 0.294 e. The lowest BCUT2D eigenvalue weighted by molar-refractivity contribution is -0.00105. The highest BCUT2D eigenvalue weighted by Crippen LogP contribution is 2.32. The van der Waals surface area contributed by atoms with Crippen LogP contribution < -0.4 is 4.74 Å². The Hall–Kier alpha value is -1.64. The molecular weight excluding hydrogens is 402 g/mol. The number of halogens is 1. The van der Waals surface area contributed by atoms with Crippen molar-refractivity contribution in [1.82, 2.24) is 4.90 Å². The Bertz CT molecular complexity index is 898. The summed E-state index contributed by atoms with van der Waals surface area (Å²) in [7, 11) is -1.91. The van der Waals surface area contributed by atoms with Gasteiger partial charge in [0, 0.05) is 23.7 Å². The summed E-state index contributed by atoms with van der Waals surface area (Å²) in [6.45, 7) is 5.45. The van der Waals surface area contributed by atoms with Crippen LogP contribution in [0, 0.1) is 6.92 Å². The van der Waals surface area contributed by atoms with Gasteiger partial charge in [0.1, 0.15) is 5.75 Å². The monoisotopic (exact) mass is 427 g/mol. The number of benzene rings is 2. The molecule has 1 aliphatic heterocycles. The number of aliphatic hydroxyl groups is 1. The molecule has 2 aromatic rings. The Morgan fingerprint density at radius 3 is 2.18 bits per heavy atom. The molecule has 0 saturated carbocycles. The minimum Gasteiger partial charge on any atom is -0.465 e. The normalized spacial score (nSPS) is 15.6.